The summed E-state index contributed by atoms with van der Waals surface area (Å²) in [5, 5.41) is 10.9. The number of para-hydroxylation sites is 1. The second kappa shape index (κ2) is 9.29. The van der Waals surface area contributed by atoms with Crippen molar-refractivity contribution in [3.63, 3.8) is 0 Å². The summed E-state index contributed by atoms with van der Waals surface area (Å²) in [7, 11) is 1.54. The first-order chi connectivity index (χ1) is 14.5. The Kier molecular flexibility index (Phi) is 6.34. The Morgan fingerprint density at radius 3 is 2.37 bits per heavy atom. The van der Waals surface area contributed by atoms with E-state index >= 15 is 0 Å². The van der Waals surface area contributed by atoms with E-state index in [-0.39, 0.29) is 22.8 Å². The highest BCUT2D eigenvalue weighted by Crippen LogP contribution is 2.22. The highest BCUT2D eigenvalue weighted by atomic mass is 16.6. The van der Waals surface area contributed by atoms with E-state index in [1.807, 2.05) is 0 Å². The summed E-state index contributed by atoms with van der Waals surface area (Å²) in [6, 6.07) is 18.6. The molecule has 0 spiro atoms. The maximum atomic E-state index is 12.4. The van der Waals surface area contributed by atoms with Crippen LogP contribution in [-0.4, -0.2) is 23.8 Å². The molecular formula is C23H17NO6. The van der Waals surface area contributed by atoms with Crippen molar-refractivity contribution in [1.82, 2.24) is 0 Å². The minimum Gasteiger partial charge on any atom is -0.497 e. The molecule has 3 aromatic carbocycles. The van der Waals surface area contributed by atoms with Gasteiger partial charge in [-0.2, -0.15) is 0 Å². The van der Waals surface area contributed by atoms with Crippen molar-refractivity contribution in [3.05, 3.63) is 106 Å². The maximum absolute atomic E-state index is 12.4. The van der Waals surface area contributed by atoms with E-state index in [4.69, 9.17) is 9.47 Å². The fourth-order valence-electron chi connectivity index (χ4n) is 2.63. The highest BCUT2D eigenvalue weighted by molar-refractivity contribution is 6.07. The largest absolute Gasteiger partial charge is 0.497 e. The van der Waals surface area contributed by atoms with Crippen LogP contribution in [0, 0.1) is 10.1 Å². The van der Waals surface area contributed by atoms with Gasteiger partial charge in [0, 0.05) is 23.3 Å². The Labute approximate surface area is 172 Å². The quantitative estimate of drug-likeness (QED) is 0.141. The second-order valence-corrected chi connectivity index (χ2v) is 6.16. The fourth-order valence-corrected chi connectivity index (χ4v) is 2.63. The average Bonchev–Trinajstić information content (AvgIpc) is 2.78. The SMILES string of the molecule is COc1ccc(C(=O)/C=C/c2ccccc2OC(=O)c2cccc([N+](=O)[O-])c2)cc1. The average molecular weight is 403 g/mol. The van der Waals surface area contributed by atoms with E-state index in [1.165, 1.54) is 24.3 Å². The van der Waals surface area contributed by atoms with Crippen LogP contribution < -0.4 is 9.47 Å². The molecule has 0 atom stereocenters. The summed E-state index contributed by atoms with van der Waals surface area (Å²) >= 11 is 0. The van der Waals surface area contributed by atoms with E-state index in [0.29, 0.717) is 16.9 Å². The first-order valence-electron chi connectivity index (χ1n) is 8.90. The summed E-state index contributed by atoms with van der Waals surface area (Å²) in [5.41, 5.74) is 0.844. The summed E-state index contributed by atoms with van der Waals surface area (Å²) in [6.45, 7) is 0. The van der Waals surface area contributed by atoms with Crippen molar-refractivity contribution in [1.29, 1.82) is 0 Å². The predicted octanol–water partition coefficient (Wildman–Crippen LogP) is 4.72. The molecule has 0 fully saturated rings. The van der Waals surface area contributed by atoms with Gasteiger partial charge in [-0.1, -0.05) is 24.3 Å². The zero-order valence-electron chi connectivity index (χ0n) is 16.0. The summed E-state index contributed by atoms with van der Waals surface area (Å²) < 4.78 is 10.5. The topological polar surface area (TPSA) is 95.7 Å². The number of ketones is 1. The number of nitro benzene ring substituents is 1. The third-order valence-electron chi connectivity index (χ3n) is 4.20. The fraction of sp³-hybridized carbons (Fsp3) is 0.0435. The molecule has 7 nitrogen and oxygen atoms in total. The van der Waals surface area contributed by atoms with Gasteiger partial charge < -0.3 is 9.47 Å². The van der Waals surface area contributed by atoms with Gasteiger partial charge in [0.2, 0.25) is 0 Å². The second-order valence-electron chi connectivity index (χ2n) is 6.16. The monoisotopic (exact) mass is 403 g/mol. The van der Waals surface area contributed by atoms with Crippen LogP contribution >= 0.6 is 0 Å². The first-order valence-corrected chi connectivity index (χ1v) is 8.90. The molecule has 0 saturated heterocycles. The summed E-state index contributed by atoms with van der Waals surface area (Å²) in [6.07, 6.45) is 2.92. The van der Waals surface area contributed by atoms with Gasteiger partial charge in [-0.15, -0.1) is 0 Å². The number of non-ortho nitro benzene ring substituents is 1. The van der Waals surface area contributed by atoms with Gasteiger partial charge in [-0.3, -0.25) is 14.9 Å². The summed E-state index contributed by atoms with van der Waals surface area (Å²) in [5.74, 6) is -0.0831. The number of carbonyl (C=O) groups excluding carboxylic acids is 2. The molecule has 0 aliphatic heterocycles. The lowest BCUT2D eigenvalue weighted by Gasteiger charge is -2.07. The van der Waals surface area contributed by atoms with Gasteiger partial charge in [0.05, 0.1) is 17.6 Å². The van der Waals surface area contributed by atoms with Crippen molar-refractivity contribution in [2.75, 3.05) is 7.11 Å². The smallest absolute Gasteiger partial charge is 0.343 e. The van der Waals surface area contributed by atoms with Crippen molar-refractivity contribution in [2.24, 2.45) is 0 Å². The normalized spacial score (nSPS) is 10.6. The van der Waals surface area contributed by atoms with Gasteiger partial charge in [-0.05, 0) is 48.6 Å². The predicted molar refractivity (Wildman–Crippen MR) is 111 cm³/mol. The van der Waals surface area contributed by atoms with Crippen LogP contribution in [0.2, 0.25) is 0 Å². The Morgan fingerprint density at radius 2 is 1.67 bits per heavy atom. The molecule has 150 valence electrons. The zero-order valence-corrected chi connectivity index (χ0v) is 16.0. The van der Waals surface area contributed by atoms with E-state index in [9.17, 15) is 19.7 Å². The van der Waals surface area contributed by atoms with Crippen molar-refractivity contribution < 1.29 is 24.0 Å². The Bertz CT molecular complexity index is 1120. The molecule has 0 unspecified atom stereocenters. The third kappa shape index (κ3) is 4.96. The van der Waals surface area contributed by atoms with Crippen LogP contribution in [0.15, 0.2) is 78.9 Å². The molecule has 0 radical (unpaired) electrons. The number of hydrogen-bond donors (Lipinski definition) is 0. The van der Waals surface area contributed by atoms with E-state index in [1.54, 1.807) is 61.7 Å². The minimum absolute atomic E-state index is 0.0530. The van der Waals surface area contributed by atoms with Crippen molar-refractivity contribution in [3.8, 4) is 11.5 Å². The Balaban J connectivity index is 1.77. The van der Waals surface area contributed by atoms with Gasteiger partial charge in [0.25, 0.3) is 5.69 Å². The van der Waals surface area contributed by atoms with Crippen LogP contribution in [0.3, 0.4) is 0 Å². The zero-order chi connectivity index (χ0) is 21.5. The number of rotatable bonds is 7. The minimum atomic E-state index is -0.735. The number of allylic oxidation sites excluding steroid dienone is 1. The lowest BCUT2D eigenvalue weighted by Crippen LogP contribution is -2.09. The highest BCUT2D eigenvalue weighted by Gasteiger charge is 2.14. The molecular weight excluding hydrogens is 386 g/mol. The Morgan fingerprint density at radius 1 is 0.933 bits per heavy atom. The van der Waals surface area contributed by atoms with Crippen molar-refractivity contribution in [2.45, 2.75) is 0 Å². The van der Waals surface area contributed by atoms with E-state index < -0.39 is 10.9 Å². The van der Waals surface area contributed by atoms with E-state index in [0.717, 1.165) is 6.07 Å². The number of esters is 1. The number of hydrogen-bond acceptors (Lipinski definition) is 6. The number of methoxy groups -OCH3 is 1. The van der Waals surface area contributed by atoms with Crippen LogP contribution in [0.1, 0.15) is 26.3 Å². The lowest BCUT2D eigenvalue weighted by molar-refractivity contribution is -0.384. The number of nitro groups is 1. The Hall–Kier alpha value is -4.26. The van der Waals surface area contributed by atoms with Crippen LogP contribution in [0.5, 0.6) is 11.5 Å². The molecule has 0 aromatic heterocycles. The molecule has 0 aliphatic carbocycles. The third-order valence-corrected chi connectivity index (χ3v) is 4.20. The molecule has 0 saturated carbocycles. The molecule has 7 heteroatoms. The molecule has 0 heterocycles. The first kappa shape index (κ1) is 20.5. The van der Waals surface area contributed by atoms with Crippen LogP contribution in [-0.2, 0) is 0 Å². The standard InChI is InChI=1S/C23H17NO6/c1-29-20-12-9-16(10-13-20)21(25)14-11-17-5-2-3-8-22(17)30-23(26)18-6-4-7-19(15-18)24(27)28/h2-15H,1H3/b14-11+. The van der Waals surface area contributed by atoms with Crippen molar-refractivity contribution >= 4 is 23.5 Å². The molecule has 30 heavy (non-hydrogen) atoms. The molecule has 3 aromatic rings. The van der Waals surface area contributed by atoms with E-state index in [2.05, 4.69) is 0 Å². The van der Waals surface area contributed by atoms with Gasteiger partial charge in [0.15, 0.2) is 5.78 Å². The van der Waals surface area contributed by atoms with Gasteiger partial charge >= 0.3 is 5.97 Å². The molecule has 0 bridgehead atoms. The number of nitrogens with zero attached hydrogens (tertiary/aromatic N) is 1. The lowest BCUT2D eigenvalue weighted by atomic mass is 10.1. The number of ether oxygens (including phenoxy) is 2. The molecule has 0 N–H and O–H groups in total. The maximum Gasteiger partial charge on any atom is 0.343 e. The van der Waals surface area contributed by atoms with Crippen LogP contribution in [0.4, 0.5) is 5.69 Å². The van der Waals surface area contributed by atoms with Gasteiger partial charge in [0.1, 0.15) is 11.5 Å². The number of carbonyl (C=O) groups is 2. The molecule has 0 amide bonds. The van der Waals surface area contributed by atoms with Gasteiger partial charge in [-0.25, -0.2) is 4.79 Å². The van der Waals surface area contributed by atoms with Crippen LogP contribution in [0.25, 0.3) is 6.08 Å². The molecule has 0 aliphatic rings. The number of benzene rings is 3. The molecule has 3 rings (SSSR count). The summed E-state index contributed by atoms with van der Waals surface area (Å²) in [4.78, 5) is 35.1.